The molecule has 116 valence electrons. The van der Waals surface area contributed by atoms with Gasteiger partial charge in [0.1, 0.15) is 0 Å². The fourth-order valence-electron chi connectivity index (χ4n) is 3.47. The third-order valence-corrected chi connectivity index (χ3v) is 4.97. The Balaban J connectivity index is 1.98. The summed E-state index contributed by atoms with van der Waals surface area (Å²) in [5.41, 5.74) is 4.77. The molecule has 3 nitrogen and oxygen atoms in total. The smallest absolute Gasteiger partial charge is 0.250 e. The van der Waals surface area contributed by atoms with Gasteiger partial charge in [-0.05, 0) is 55.9 Å². The molecule has 0 saturated heterocycles. The van der Waals surface area contributed by atoms with Gasteiger partial charge in [0.2, 0.25) is 10.9 Å². The van der Waals surface area contributed by atoms with Gasteiger partial charge < -0.3 is 5.32 Å². The molecule has 1 fully saturated rings. The van der Waals surface area contributed by atoms with E-state index < -0.39 is 0 Å². The minimum absolute atomic E-state index is 0.336. The Hall–Kier alpha value is -1.90. The fraction of sp³-hybridized carbons (Fsp3) is 0.474. The largest absolute Gasteiger partial charge is 0.378 e. The first-order valence-electron chi connectivity index (χ1n) is 8.17. The van der Waals surface area contributed by atoms with Crippen LogP contribution in [0.15, 0.2) is 21.7 Å². The van der Waals surface area contributed by atoms with Gasteiger partial charge in [0.25, 0.3) is 0 Å². The molecule has 1 aliphatic rings. The van der Waals surface area contributed by atoms with E-state index in [1.807, 2.05) is 19.9 Å². The highest BCUT2D eigenvalue weighted by molar-refractivity contribution is 5.84. The van der Waals surface area contributed by atoms with Crippen molar-refractivity contribution in [2.24, 2.45) is 0 Å². The van der Waals surface area contributed by atoms with Crippen LogP contribution in [-0.4, -0.2) is 6.04 Å². The molecule has 0 aromatic heterocycles. The average molecular weight is 297 g/mol. The molecule has 22 heavy (non-hydrogen) atoms. The van der Waals surface area contributed by atoms with E-state index in [9.17, 15) is 9.59 Å². The molecule has 0 bridgehead atoms. The van der Waals surface area contributed by atoms with Crippen LogP contribution in [0, 0.1) is 20.8 Å². The molecular formula is C19H23NO2. The van der Waals surface area contributed by atoms with Gasteiger partial charge in [-0.1, -0.05) is 31.4 Å². The number of anilines is 1. The second-order valence-electron chi connectivity index (χ2n) is 6.64. The van der Waals surface area contributed by atoms with Gasteiger partial charge in [-0.25, -0.2) is 0 Å². The van der Waals surface area contributed by atoms with Crippen LogP contribution in [0.3, 0.4) is 0 Å². The van der Waals surface area contributed by atoms with Crippen molar-refractivity contribution < 1.29 is 0 Å². The Morgan fingerprint density at radius 2 is 1.50 bits per heavy atom. The molecule has 1 saturated carbocycles. The lowest BCUT2D eigenvalue weighted by Crippen LogP contribution is -2.39. The zero-order valence-corrected chi connectivity index (χ0v) is 13.6. The first kappa shape index (κ1) is 15.0. The highest BCUT2D eigenvalue weighted by Gasteiger charge is 2.26. The Kier molecular flexibility index (Phi) is 3.90. The third kappa shape index (κ3) is 2.49. The summed E-state index contributed by atoms with van der Waals surface area (Å²) < 4.78 is 0. The molecule has 2 aromatic carbocycles. The molecule has 0 radical (unpaired) electrons. The van der Waals surface area contributed by atoms with E-state index in [4.69, 9.17) is 0 Å². The molecule has 3 rings (SSSR count). The number of hydrogen-bond donors (Lipinski definition) is 1. The van der Waals surface area contributed by atoms with Gasteiger partial charge >= 0.3 is 0 Å². The second-order valence-corrected chi connectivity index (χ2v) is 6.64. The summed E-state index contributed by atoms with van der Waals surface area (Å²) in [4.78, 5) is 24.1. The Labute approximate surface area is 131 Å². The van der Waals surface area contributed by atoms with Crippen molar-refractivity contribution in [3.8, 4) is 11.1 Å². The zero-order chi connectivity index (χ0) is 15.9. The molecule has 2 aromatic rings. The van der Waals surface area contributed by atoms with Crippen LogP contribution < -0.4 is 16.2 Å². The summed E-state index contributed by atoms with van der Waals surface area (Å²) in [6.45, 7) is 6.11. The molecule has 3 heteroatoms. The maximum absolute atomic E-state index is 12.1. The minimum atomic E-state index is -0.349. The highest BCUT2D eigenvalue weighted by atomic mass is 16.2. The van der Waals surface area contributed by atoms with Crippen molar-refractivity contribution in [2.75, 3.05) is 5.32 Å². The van der Waals surface area contributed by atoms with Gasteiger partial charge in [0.05, 0.1) is 11.3 Å². The first-order valence-corrected chi connectivity index (χ1v) is 8.17. The molecule has 0 amide bonds. The maximum Gasteiger partial charge on any atom is 0.250 e. The van der Waals surface area contributed by atoms with E-state index in [0.29, 0.717) is 17.3 Å². The number of aryl methyl sites for hydroxylation is 3. The van der Waals surface area contributed by atoms with Gasteiger partial charge in [-0.2, -0.15) is 0 Å². The van der Waals surface area contributed by atoms with Crippen LogP contribution in [-0.2, 0) is 0 Å². The Morgan fingerprint density at radius 3 is 2.18 bits per heavy atom. The van der Waals surface area contributed by atoms with Crippen molar-refractivity contribution in [1.82, 2.24) is 0 Å². The molecular weight excluding hydrogens is 274 g/mol. The topological polar surface area (TPSA) is 46.2 Å². The lowest BCUT2D eigenvalue weighted by atomic mass is 9.90. The molecule has 0 aliphatic heterocycles. The summed E-state index contributed by atoms with van der Waals surface area (Å²) in [5.74, 6) is 0. The lowest BCUT2D eigenvalue weighted by molar-refractivity contribution is 0.462. The van der Waals surface area contributed by atoms with E-state index >= 15 is 0 Å². The van der Waals surface area contributed by atoms with Crippen LogP contribution in [0.4, 0.5) is 5.69 Å². The number of nitrogens with one attached hydrogen (secondary N) is 1. The van der Waals surface area contributed by atoms with Gasteiger partial charge in [-0.3, -0.25) is 9.59 Å². The zero-order valence-electron chi connectivity index (χ0n) is 13.6. The Morgan fingerprint density at radius 1 is 0.864 bits per heavy atom. The van der Waals surface area contributed by atoms with Gasteiger partial charge in [0, 0.05) is 6.04 Å². The van der Waals surface area contributed by atoms with Gasteiger partial charge in [-0.15, -0.1) is 0 Å². The van der Waals surface area contributed by atoms with Crippen LogP contribution >= 0.6 is 0 Å². The molecule has 0 unspecified atom stereocenters. The van der Waals surface area contributed by atoms with Crippen molar-refractivity contribution in [1.29, 1.82) is 0 Å². The van der Waals surface area contributed by atoms with Gasteiger partial charge in [0.15, 0.2) is 0 Å². The monoisotopic (exact) mass is 297 g/mol. The molecule has 0 atom stereocenters. The standard InChI is InChI=1S/C19H23NO2/c1-11-9-13(3)15(10-12(11)2)16-17(19(22)18(16)21)20-14-7-5-4-6-8-14/h9-10,14,20H,4-8H2,1-3H3. The predicted molar refractivity (Wildman–Crippen MR) is 91.5 cm³/mol. The number of hydrogen-bond acceptors (Lipinski definition) is 3. The number of benzene rings is 1. The maximum atomic E-state index is 12.1. The highest BCUT2D eigenvalue weighted by Crippen LogP contribution is 2.31. The summed E-state index contributed by atoms with van der Waals surface area (Å²) in [6.07, 6.45) is 5.84. The molecule has 0 heterocycles. The average Bonchev–Trinajstić information content (AvgIpc) is 2.52. The van der Waals surface area contributed by atoms with E-state index in [-0.39, 0.29) is 10.9 Å². The van der Waals surface area contributed by atoms with Crippen LogP contribution in [0.2, 0.25) is 0 Å². The summed E-state index contributed by atoms with van der Waals surface area (Å²) in [6, 6.07) is 4.46. The van der Waals surface area contributed by atoms with Crippen molar-refractivity contribution in [3.63, 3.8) is 0 Å². The SMILES string of the molecule is Cc1cc(C)c(-c2c(NC3CCCCC3)c(=O)c2=O)cc1C. The van der Waals surface area contributed by atoms with E-state index in [1.165, 1.54) is 24.8 Å². The van der Waals surface area contributed by atoms with Crippen LogP contribution in [0.1, 0.15) is 48.8 Å². The molecule has 0 spiro atoms. The minimum Gasteiger partial charge on any atom is -0.378 e. The normalized spacial score (nSPS) is 16.1. The van der Waals surface area contributed by atoms with E-state index in [2.05, 4.69) is 18.3 Å². The summed E-state index contributed by atoms with van der Waals surface area (Å²) >= 11 is 0. The predicted octanol–water partition coefficient (Wildman–Crippen LogP) is 3.62. The van der Waals surface area contributed by atoms with E-state index in [0.717, 1.165) is 29.5 Å². The Bertz CT molecular complexity index is 775. The summed E-state index contributed by atoms with van der Waals surface area (Å²) in [5, 5.41) is 3.35. The quantitative estimate of drug-likeness (QED) is 0.880. The molecule has 1 N–H and O–H groups in total. The van der Waals surface area contributed by atoms with E-state index in [1.54, 1.807) is 0 Å². The van der Waals surface area contributed by atoms with Crippen LogP contribution in [0.5, 0.6) is 0 Å². The second kappa shape index (κ2) is 5.71. The summed E-state index contributed by atoms with van der Waals surface area (Å²) in [7, 11) is 0. The first-order chi connectivity index (χ1) is 10.5. The van der Waals surface area contributed by atoms with Crippen molar-refractivity contribution >= 4 is 5.69 Å². The van der Waals surface area contributed by atoms with Crippen molar-refractivity contribution in [2.45, 2.75) is 58.9 Å². The lowest BCUT2D eigenvalue weighted by Gasteiger charge is -2.26. The molecule has 1 aliphatic carbocycles. The number of rotatable bonds is 3. The third-order valence-electron chi connectivity index (χ3n) is 4.97. The van der Waals surface area contributed by atoms with Crippen LogP contribution in [0.25, 0.3) is 11.1 Å². The fourth-order valence-corrected chi connectivity index (χ4v) is 3.47. The van der Waals surface area contributed by atoms with Crippen molar-refractivity contribution in [3.05, 3.63) is 49.3 Å².